The number of carbonyl (C=O) groups excluding carboxylic acids is 2. The Hall–Kier alpha value is -3.51. The summed E-state index contributed by atoms with van der Waals surface area (Å²) in [6, 6.07) is 21.8. The highest BCUT2D eigenvalue weighted by Crippen LogP contribution is 2.30. The molecule has 0 saturated heterocycles. The lowest BCUT2D eigenvalue weighted by Crippen LogP contribution is -2.27. The third-order valence-corrected chi connectivity index (χ3v) is 6.77. The number of anilines is 1. The van der Waals surface area contributed by atoms with Gasteiger partial charge in [0.2, 0.25) is 5.91 Å². The Morgan fingerprint density at radius 3 is 2.44 bits per heavy atom. The van der Waals surface area contributed by atoms with Gasteiger partial charge in [-0.2, -0.15) is 0 Å². The topological polar surface area (TPSA) is 63.1 Å². The molecule has 4 rings (SSSR count). The van der Waals surface area contributed by atoms with Gasteiger partial charge in [-0.05, 0) is 56.2 Å². The molecule has 5 nitrogen and oxygen atoms in total. The minimum absolute atomic E-state index is 0.0270. The fourth-order valence-corrected chi connectivity index (χ4v) is 4.70. The second-order valence-corrected chi connectivity index (χ2v) is 9.50. The molecule has 0 fully saturated rings. The van der Waals surface area contributed by atoms with Crippen LogP contribution in [0, 0.1) is 20.8 Å². The van der Waals surface area contributed by atoms with Gasteiger partial charge < -0.3 is 15.2 Å². The van der Waals surface area contributed by atoms with Crippen molar-refractivity contribution in [2.75, 3.05) is 17.6 Å². The van der Waals surface area contributed by atoms with Crippen molar-refractivity contribution in [3.63, 3.8) is 0 Å². The van der Waals surface area contributed by atoms with Crippen molar-refractivity contribution in [2.24, 2.45) is 0 Å². The van der Waals surface area contributed by atoms with Crippen molar-refractivity contribution in [1.29, 1.82) is 0 Å². The first-order valence-corrected chi connectivity index (χ1v) is 12.3. The maximum absolute atomic E-state index is 12.6. The van der Waals surface area contributed by atoms with Crippen LogP contribution in [0.15, 0.2) is 77.8 Å². The number of fused-ring (bicyclic) bond motifs is 1. The molecule has 3 aromatic carbocycles. The van der Waals surface area contributed by atoms with Gasteiger partial charge >= 0.3 is 0 Å². The maximum Gasteiger partial charge on any atom is 0.251 e. The normalized spacial score (nSPS) is 10.9. The second-order valence-electron chi connectivity index (χ2n) is 8.48. The number of nitrogens with one attached hydrogen (secondary N) is 2. The van der Waals surface area contributed by atoms with Crippen LogP contribution in [0.1, 0.15) is 27.0 Å². The largest absolute Gasteiger partial charge is 0.350 e. The Morgan fingerprint density at radius 1 is 0.912 bits per heavy atom. The van der Waals surface area contributed by atoms with E-state index in [1.807, 2.05) is 75.4 Å². The predicted octanol–water partition coefficient (Wildman–Crippen LogP) is 5.73. The molecule has 0 spiro atoms. The molecule has 174 valence electrons. The summed E-state index contributed by atoms with van der Waals surface area (Å²) in [4.78, 5) is 26.1. The molecule has 0 aliphatic rings. The van der Waals surface area contributed by atoms with Crippen molar-refractivity contribution < 1.29 is 9.59 Å². The highest BCUT2D eigenvalue weighted by Gasteiger charge is 2.12. The minimum Gasteiger partial charge on any atom is -0.350 e. The molecular weight excluding hydrogens is 442 g/mol. The molecule has 0 bridgehead atoms. The van der Waals surface area contributed by atoms with Gasteiger partial charge in [0.15, 0.2) is 0 Å². The molecule has 0 saturated carbocycles. The summed E-state index contributed by atoms with van der Waals surface area (Å²) in [7, 11) is 0. The van der Waals surface area contributed by atoms with Gasteiger partial charge in [0, 0.05) is 46.3 Å². The molecule has 0 atom stereocenters. The number of aromatic nitrogens is 1. The van der Waals surface area contributed by atoms with Crippen LogP contribution >= 0.6 is 11.8 Å². The van der Waals surface area contributed by atoms with Crippen LogP contribution < -0.4 is 10.6 Å². The number of aryl methyl sites for hydroxylation is 3. The molecule has 0 radical (unpaired) electrons. The minimum atomic E-state index is -0.0748. The Bertz CT molecular complexity index is 1330. The summed E-state index contributed by atoms with van der Waals surface area (Å²) in [6.07, 6.45) is 2.07. The van der Waals surface area contributed by atoms with E-state index in [0.717, 1.165) is 38.2 Å². The number of hydrogen-bond donors (Lipinski definition) is 2. The summed E-state index contributed by atoms with van der Waals surface area (Å²) in [5, 5.41) is 7.13. The van der Waals surface area contributed by atoms with Crippen molar-refractivity contribution in [2.45, 2.75) is 32.2 Å². The predicted molar refractivity (Wildman–Crippen MR) is 141 cm³/mol. The molecular formula is C28H29N3O2S. The van der Waals surface area contributed by atoms with Crippen LogP contribution in [0.4, 0.5) is 5.69 Å². The van der Waals surface area contributed by atoms with Crippen LogP contribution in [0.3, 0.4) is 0 Å². The number of thioether (sulfide) groups is 1. The first kappa shape index (κ1) is 23.6. The van der Waals surface area contributed by atoms with Crippen molar-refractivity contribution >= 4 is 40.2 Å². The highest BCUT2D eigenvalue weighted by atomic mass is 32.2. The molecule has 1 aromatic heterocycles. The molecule has 1 heterocycles. The monoisotopic (exact) mass is 471 g/mol. The van der Waals surface area contributed by atoms with Gasteiger partial charge in [-0.15, -0.1) is 11.8 Å². The molecule has 4 aromatic rings. The van der Waals surface area contributed by atoms with E-state index >= 15 is 0 Å². The average molecular weight is 472 g/mol. The van der Waals surface area contributed by atoms with Crippen LogP contribution in [-0.4, -0.2) is 28.7 Å². The van der Waals surface area contributed by atoms with Gasteiger partial charge in [0.1, 0.15) is 0 Å². The number of amides is 2. The van der Waals surface area contributed by atoms with Crippen molar-refractivity contribution in [1.82, 2.24) is 9.88 Å². The average Bonchev–Trinajstić information content (AvgIpc) is 3.18. The first-order chi connectivity index (χ1) is 16.4. The van der Waals surface area contributed by atoms with Gasteiger partial charge in [0.25, 0.3) is 5.91 Å². The fourth-order valence-electron chi connectivity index (χ4n) is 3.81. The van der Waals surface area contributed by atoms with E-state index in [2.05, 4.69) is 33.5 Å². The van der Waals surface area contributed by atoms with E-state index < -0.39 is 0 Å². The molecule has 0 unspecified atom stereocenters. The van der Waals surface area contributed by atoms with Crippen molar-refractivity contribution in [3.8, 4) is 0 Å². The Morgan fingerprint density at radius 2 is 1.65 bits per heavy atom. The third kappa shape index (κ3) is 5.69. The summed E-state index contributed by atoms with van der Waals surface area (Å²) >= 11 is 1.53. The fraction of sp³-hybridized carbons (Fsp3) is 0.214. The number of benzene rings is 3. The first-order valence-electron chi connectivity index (χ1n) is 11.3. The van der Waals surface area contributed by atoms with E-state index in [9.17, 15) is 9.59 Å². The van der Waals surface area contributed by atoms with Gasteiger partial charge in [-0.3, -0.25) is 9.59 Å². The lowest BCUT2D eigenvalue weighted by atomic mass is 10.1. The quantitative estimate of drug-likeness (QED) is 0.323. The number of nitrogens with zero attached hydrogens (tertiary/aromatic N) is 1. The zero-order chi connectivity index (χ0) is 24.1. The van der Waals surface area contributed by atoms with Crippen LogP contribution in [0.25, 0.3) is 10.9 Å². The zero-order valence-corrected chi connectivity index (χ0v) is 20.5. The van der Waals surface area contributed by atoms with Crippen molar-refractivity contribution in [3.05, 3.63) is 95.2 Å². The maximum atomic E-state index is 12.6. The van der Waals surface area contributed by atoms with Crippen LogP contribution in [0.2, 0.25) is 0 Å². The van der Waals surface area contributed by atoms with E-state index in [1.54, 1.807) is 0 Å². The van der Waals surface area contributed by atoms with Crippen LogP contribution in [-0.2, 0) is 11.3 Å². The summed E-state index contributed by atoms with van der Waals surface area (Å²) in [6.45, 7) is 7.17. The number of para-hydroxylation sites is 1. The standard InChI is InChI=1S/C28H29N3O2S/c1-19-9-12-22(13-10-19)28(33)29-14-15-31-17-26(23-6-4-5-7-25(23)31)34-18-27(32)30-24-16-20(2)8-11-21(24)3/h4-13,16-17H,14-15,18H2,1-3H3,(H,29,33)(H,30,32). The Balaban J connectivity index is 1.39. The lowest BCUT2D eigenvalue weighted by Gasteiger charge is -2.09. The molecule has 0 aliphatic carbocycles. The zero-order valence-electron chi connectivity index (χ0n) is 19.7. The molecule has 0 aliphatic heterocycles. The van der Waals surface area contributed by atoms with Gasteiger partial charge in [-0.1, -0.05) is 48.0 Å². The van der Waals surface area contributed by atoms with E-state index in [-0.39, 0.29) is 11.8 Å². The van der Waals surface area contributed by atoms with E-state index in [4.69, 9.17) is 0 Å². The lowest BCUT2D eigenvalue weighted by molar-refractivity contribution is -0.113. The number of carbonyl (C=O) groups is 2. The summed E-state index contributed by atoms with van der Waals surface area (Å²) in [5.41, 5.74) is 5.90. The Labute approximate surface area is 204 Å². The SMILES string of the molecule is Cc1ccc(C(=O)NCCn2cc(SCC(=O)Nc3cc(C)ccc3C)c3ccccc32)cc1. The van der Waals surface area contributed by atoms with Crippen LogP contribution in [0.5, 0.6) is 0 Å². The highest BCUT2D eigenvalue weighted by molar-refractivity contribution is 8.00. The number of hydrogen-bond acceptors (Lipinski definition) is 3. The smallest absolute Gasteiger partial charge is 0.251 e. The van der Waals surface area contributed by atoms with E-state index in [0.29, 0.717) is 24.4 Å². The van der Waals surface area contributed by atoms with E-state index in [1.165, 1.54) is 11.8 Å². The third-order valence-electron chi connectivity index (χ3n) is 5.73. The van der Waals surface area contributed by atoms with Gasteiger partial charge in [0.05, 0.1) is 5.75 Å². The molecule has 34 heavy (non-hydrogen) atoms. The van der Waals surface area contributed by atoms with Gasteiger partial charge in [-0.25, -0.2) is 0 Å². The molecule has 2 N–H and O–H groups in total. The molecule has 2 amide bonds. The summed E-state index contributed by atoms with van der Waals surface area (Å²) in [5.74, 6) is 0.223. The molecule has 6 heteroatoms. The second kappa shape index (κ2) is 10.6. The Kier molecular flexibility index (Phi) is 7.38. The summed E-state index contributed by atoms with van der Waals surface area (Å²) < 4.78 is 2.13. The number of rotatable bonds is 8.